The number of anilines is 1. The number of nitrogens with zero attached hydrogens (tertiary/aromatic N) is 2. The lowest BCUT2D eigenvalue weighted by molar-refractivity contribution is -0.141. The van der Waals surface area contributed by atoms with Crippen LogP contribution in [0.25, 0.3) is 0 Å². The van der Waals surface area contributed by atoms with Crippen molar-refractivity contribution in [3.8, 4) is 0 Å². The number of nitrogens with one attached hydrogen (secondary N) is 3. The molecule has 0 spiro atoms. The minimum absolute atomic E-state index is 0.122. The van der Waals surface area contributed by atoms with Gasteiger partial charge in [0, 0.05) is 31.9 Å². The van der Waals surface area contributed by atoms with E-state index in [1.54, 1.807) is 43.3 Å². The molecule has 1 saturated heterocycles. The fraction of sp³-hybridized carbons (Fsp3) is 0.655. The number of carbonyl (C=O) groups excluding carboxylic acids is 4. The molecule has 4 rings (SSSR count). The van der Waals surface area contributed by atoms with Gasteiger partial charge in [-0.15, -0.1) is 0 Å². The standard InChI is InChI=1S/C29H43N5O6S/c1-7-19-17-29(19,27(38)32-41(39,40)21-14-15-21)31-24(35)22-9-8-16-34(22)26(37)23(28(2,3)4)30-20-12-10-18(11-13-20)25(36)33(5)6/h10-13,19,21-23,30H,7-9,14-17H2,1-6H3,(H,31,35)(H,32,38)/t19-,22+,23+,29-/m1/s1. The molecule has 1 heterocycles. The van der Waals surface area contributed by atoms with Crippen LogP contribution < -0.4 is 15.4 Å². The molecule has 4 atom stereocenters. The smallest absolute Gasteiger partial charge is 0.259 e. The highest BCUT2D eigenvalue weighted by Gasteiger charge is 2.62. The van der Waals surface area contributed by atoms with E-state index in [2.05, 4.69) is 15.4 Å². The second-order valence-corrected chi connectivity index (χ2v) is 14.8. The van der Waals surface area contributed by atoms with Crippen LogP contribution in [0.3, 0.4) is 0 Å². The summed E-state index contributed by atoms with van der Waals surface area (Å²) >= 11 is 0. The van der Waals surface area contributed by atoms with Gasteiger partial charge in [0.2, 0.25) is 21.8 Å². The SMILES string of the molecule is CC[C@@H]1C[C@]1(NC(=O)[C@@H]1CCCN1C(=O)[C@H](Nc1ccc(C(=O)N(C)C)cc1)C(C)(C)C)C(=O)NS(=O)(=O)C1CC1. The number of hydrogen-bond acceptors (Lipinski definition) is 7. The summed E-state index contributed by atoms with van der Waals surface area (Å²) in [5, 5.41) is 5.62. The van der Waals surface area contributed by atoms with Gasteiger partial charge in [0.05, 0.1) is 5.25 Å². The van der Waals surface area contributed by atoms with Crippen LogP contribution in [-0.4, -0.2) is 85.4 Å². The monoisotopic (exact) mass is 589 g/mol. The minimum atomic E-state index is -3.75. The molecule has 1 aromatic carbocycles. The molecular formula is C29H43N5O6S. The first-order chi connectivity index (χ1) is 19.1. The van der Waals surface area contributed by atoms with Crippen LogP contribution in [0.5, 0.6) is 0 Å². The Labute approximate surface area is 242 Å². The average Bonchev–Trinajstić information content (AvgIpc) is 3.82. The van der Waals surface area contributed by atoms with Crippen molar-refractivity contribution in [1.29, 1.82) is 0 Å². The second-order valence-electron chi connectivity index (χ2n) is 12.9. The molecule has 1 aromatic rings. The molecule has 0 radical (unpaired) electrons. The van der Waals surface area contributed by atoms with Gasteiger partial charge >= 0.3 is 0 Å². The van der Waals surface area contributed by atoms with Crippen LogP contribution in [0.15, 0.2) is 24.3 Å². The van der Waals surface area contributed by atoms with Gasteiger partial charge in [0.1, 0.15) is 17.6 Å². The van der Waals surface area contributed by atoms with Crippen molar-refractivity contribution in [2.45, 2.75) is 89.1 Å². The van der Waals surface area contributed by atoms with E-state index in [0.29, 0.717) is 56.3 Å². The van der Waals surface area contributed by atoms with E-state index in [-0.39, 0.29) is 17.7 Å². The quantitative estimate of drug-likeness (QED) is 0.379. The molecule has 41 heavy (non-hydrogen) atoms. The molecule has 3 N–H and O–H groups in total. The Bertz CT molecular complexity index is 1300. The molecule has 12 heteroatoms. The first-order valence-electron chi connectivity index (χ1n) is 14.4. The van der Waals surface area contributed by atoms with Crippen LogP contribution in [0.2, 0.25) is 0 Å². The Morgan fingerprint density at radius 3 is 2.22 bits per heavy atom. The molecule has 2 aliphatic carbocycles. The van der Waals surface area contributed by atoms with E-state index < -0.39 is 50.1 Å². The summed E-state index contributed by atoms with van der Waals surface area (Å²) < 4.78 is 27.1. The maximum atomic E-state index is 13.9. The molecule has 0 bridgehead atoms. The number of likely N-dealkylation sites (tertiary alicyclic amines) is 1. The van der Waals surface area contributed by atoms with Crippen molar-refractivity contribution in [2.24, 2.45) is 11.3 Å². The third kappa shape index (κ3) is 6.52. The predicted octanol–water partition coefficient (Wildman–Crippen LogP) is 2.10. The Kier molecular flexibility index (Phi) is 8.46. The molecule has 3 aliphatic rings. The molecular weight excluding hydrogens is 546 g/mol. The maximum absolute atomic E-state index is 13.9. The number of sulfonamides is 1. The molecule has 4 amide bonds. The van der Waals surface area contributed by atoms with Crippen LogP contribution >= 0.6 is 0 Å². The van der Waals surface area contributed by atoms with Gasteiger partial charge in [0.15, 0.2) is 0 Å². The molecule has 2 saturated carbocycles. The lowest BCUT2D eigenvalue weighted by Crippen LogP contribution is -2.58. The van der Waals surface area contributed by atoms with Gasteiger partial charge in [0.25, 0.3) is 11.8 Å². The molecule has 3 fully saturated rings. The van der Waals surface area contributed by atoms with Crippen LogP contribution in [0, 0.1) is 11.3 Å². The summed E-state index contributed by atoms with van der Waals surface area (Å²) in [6.07, 6.45) is 3.11. The highest BCUT2D eigenvalue weighted by atomic mass is 32.2. The van der Waals surface area contributed by atoms with E-state index in [1.807, 2.05) is 27.7 Å². The predicted molar refractivity (Wildman–Crippen MR) is 155 cm³/mol. The van der Waals surface area contributed by atoms with Crippen molar-refractivity contribution in [3.05, 3.63) is 29.8 Å². The molecule has 11 nitrogen and oxygen atoms in total. The summed E-state index contributed by atoms with van der Waals surface area (Å²) in [6, 6.07) is 5.48. The Balaban J connectivity index is 1.48. The topological polar surface area (TPSA) is 145 Å². The summed E-state index contributed by atoms with van der Waals surface area (Å²) in [4.78, 5) is 56.0. The summed E-state index contributed by atoms with van der Waals surface area (Å²) in [6.45, 7) is 8.11. The first kappa shape index (κ1) is 30.8. The van der Waals surface area contributed by atoms with Crippen molar-refractivity contribution < 1.29 is 27.6 Å². The fourth-order valence-electron chi connectivity index (χ4n) is 5.55. The zero-order chi connectivity index (χ0) is 30.3. The molecule has 0 unspecified atom stereocenters. The van der Waals surface area contributed by atoms with Gasteiger partial charge in [-0.25, -0.2) is 8.42 Å². The lowest BCUT2D eigenvalue weighted by atomic mass is 9.85. The van der Waals surface area contributed by atoms with Gasteiger partial charge < -0.3 is 20.4 Å². The Morgan fingerprint density at radius 2 is 1.71 bits per heavy atom. The zero-order valence-electron chi connectivity index (χ0n) is 24.8. The van der Waals surface area contributed by atoms with Gasteiger partial charge in [-0.05, 0) is 67.7 Å². The fourth-order valence-corrected chi connectivity index (χ4v) is 6.91. The van der Waals surface area contributed by atoms with E-state index in [1.165, 1.54) is 4.90 Å². The average molecular weight is 590 g/mol. The van der Waals surface area contributed by atoms with Crippen molar-refractivity contribution >= 4 is 39.3 Å². The number of carbonyl (C=O) groups is 4. The number of amides is 4. The van der Waals surface area contributed by atoms with E-state index in [4.69, 9.17) is 0 Å². The van der Waals surface area contributed by atoms with Gasteiger partial charge in [-0.3, -0.25) is 23.9 Å². The van der Waals surface area contributed by atoms with Crippen molar-refractivity contribution in [2.75, 3.05) is 26.0 Å². The largest absolute Gasteiger partial charge is 0.373 e. The van der Waals surface area contributed by atoms with Crippen LogP contribution in [0.4, 0.5) is 5.69 Å². The minimum Gasteiger partial charge on any atom is -0.373 e. The molecule has 226 valence electrons. The van der Waals surface area contributed by atoms with Crippen LogP contribution in [-0.2, 0) is 24.4 Å². The third-order valence-electron chi connectivity index (χ3n) is 8.35. The lowest BCUT2D eigenvalue weighted by Gasteiger charge is -2.36. The summed E-state index contributed by atoms with van der Waals surface area (Å²) in [7, 11) is -0.390. The van der Waals surface area contributed by atoms with Gasteiger partial charge in [-0.2, -0.15) is 0 Å². The van der Waals surface area contributed by atoms with E-state index in [9.17, 15) is 27.6 Å². The van der Waals surface area contributed by atoms with Crippen molar-refractivity contribution in [1.82, 2.24) is 19.8 Å². The number of rotatable bonds is 10. The highest BCUT2D eigenvalue weighted by Crippen LogP contribution is 2.47. The summed E-state index contributed by atoms with van der Waals surface area (Å²) in [5.41, 5.74) is -0.590. The molecule has 1 aliphatic heterocycles. The maximum Gasteiger partial charge on any atom is 0.259 e. The molecule has 0 aromatic heterocycles. The summed E-state index contributed by atoms with van der Waals surface area (Å²) in [5.74, 6) is -1.65. The Morgan fingerprint density at radius 1 is 1.07 bits per heavy atom. The second kappa shape index (κ2) is 11.3. The first-order valence-corrected chi connectivity index (χ1v) is 15.9. The third-order valence-corrected chi connectivity index (χ3v) is 10.2. The zero-order valence-corrected chi connectivity index (χ0v) is 25.6. The van der Waals surface area contributed by atoms with E-state index >= 15 is 0 Å². The number of hydrogen-bond donors (Lipinski definition) is 3. The van der Waals surface area contributed by atoms with E-state index in [0.717, 1.165) is 0 Å². The number of benzene rings is 1. The highest BCUT2D eigenvalue weighted by molar-refractivity contribution is 7.91. The Hall–Kier alpha value is -3.15. The van der Waals surface area contributed by atoms with Crippen LogP contribution in [0.1, 0.15) is 76.6 Å². The van der Waals surface area contributed by atoms with Gasteiger partial charge in [-0.1, -0.05) is 34.1 Å². The normalized spacial score (nSPS) is 24.8. The van der Waals surface area contributed by atoms with Crippen molar-refractivity contribution in [3.63, 3.8) is 0 Å².